The molecule has 0 aliphatic heterocycles. The van der Waals surface area contributed by atoms with Crippen molar-refractivity contribution in [3.8, 4) is 0 Å². The van der Waals surface area contributed by atoms with Crippen molar-refractivity contribution in [3.05, 3.63) is 23.0 Å². The molecule has 0 bridgehead atoms. The quantitative estimate of drug-likeness (QED) is 0.636. The maximum absolute atomic E-state index is 4.17. The Morgan fingerprint density at radius 3 is 3.23 bits per heavy atom. The molecule has 0 fully saturated rings. The summed E-state index contributed by atoms with van der Waals surface area (Å²) in [5.41, 5.74) is 1.50. The number of thiophene rings is 1. The zero-order valence-corrected chi connectivity index (χ0v) is 8.02. The van der Waals surface area contributed by atoms with Crippen molar-refractivity contribution in [2.75, 3.05) is 0 Å². The van der Waals surface area contributed by atoms with Crippen LogP contribution in [0.3, 0.4) is 0 Å². The van der Waals surface area contributed by atoms with Crippen molar-refractivity contribution < 1.29 is 0 Å². The molecule has 3 rings (SSSR count). The van der Waals surface area contributed by atoms with Crippen LogP contribution in [0.15, 0.2) is 6.20 Å². The molecule has 13 heavy (non-hydrogen) atoms. The maximum atomic E-state index is 4.17. The fourth-order valence-electron chi connectivity index (χ4n) is 1.96. The SMILES string of the molecule is [c]1ncc2c3c(sc2n1)CCCC3. The molecule has 0 N–H and O–H groups in total. The number of hydrogen-bond donors (Lipinski definition) is 0. The molecule has 65 valence electrons. The number of fused-ring (bicyclic) bond motifs is 3. The van der Waals surface area contributed by atoms with Crippen LogP contribution in [-0.4, -0.2) is 9.97 Å². The summed E-state index contributed by atoms with van der Waals surface area (Å²) < 4.78 is 0. The third-order valence-corrected chi connectivity index (χ3v) is 3.80. The lowest BCUT2D eigenvalue weighted by molar-refractivity contribution is 0.700. The van der Waals surface area contributed by atoms with Crippen molar-refractivity contribution in [2.45, 2.75) is 25.7 Å². The molecule has 0 amide bonds. The van der Waals surface area contributed by atoms with Crippen LogP contribution in [0.1, 0.15) is 23.3 Å². The minimum absolute atomic E-state index is 1.11. The molecule has 0 saturated carbocycles. The molecule has 1 radical (unpaired) electrons. The van der Waals surface area contributed by atoms with E-state index in [1.807, 2.05) is 17.5 Å². The summed E-state index contributed by atoms with van der Waals surface area (Å²) in [6.45, 7) is 0. The van der Waals surface area contributed by atoms with Gasteiger partial charge in [0.05, 0.1) is 0 Å². The van der Waals surface area contributed by atoms with Crippen LogP contribution in [-0.2, 0) is 12.8 Å². The molecule has 2 heterocycles. The fourth-order valence-corrected chi connectivity index (χ4v) is 3.15. The summed E-state index contributed by atoms with van der Waals surface area (Å²) in [5, 5.41) is 1.26. The summed E-state index contributed by atoms with van der Waals surface area (Å²) in [6, 6.07) is 0. The Balaban J connectivity index is 2.34. The van der Waals surface area contributed by atoms with E-state index in [4.69, 9.17) is 0 Å². The smallest absolute Gasteiger partial charge is 0.199 e. The van der Waals surface area contributed by atoms with Gasteiger partial charge in [0, 0.05) is 16.5 Å². The molecule has 3 heteroatoms. The summed E-state index contributed by atoms with van der Waals surface area (Å²) in [4.78, 5) is 10.8. The molecule has 0 spiro atoms. The lowest BCUT2D eigenvalue weighted by Crippen LogP contribution is -1.97. The highest BCUT2D eigenvalue weighted by molar-refractivity contribution is 7.18. The summed E-state index contributed by atoms with van der Waals surface area (Å²) in [6.07, 6.45) is 9.65. The van der Waals surface area contributed by atoms with Crippen LogP contribution >= 0.6 is 11.3 Å². The zero-order chi connectivity index (χ0) is 8.67. The lowest BCUT2D eigenvalue weighted by Gasteiger charge is -2.09. The second-order valence-electron chi connectivity index (χ2n) is 3.40. The van der Waals surface area contributed by atoms with Crippen LogP contribution in [0.2, 0.25) is 0 Å². The Morgan fingerprint density at radius 2 is 2.23 bits per heavy atom. The Hall–Kier alpha value is -0.960. The Kier molecular flexibility index (Phi) is 1.59. The van der Waals surface area contributed by atoms with Crippen molar-refractivity contribution in [3.63, 3.8) is 0 Å². The van der Waals surface area contributed by atoms with Gasteiger partial charge in [0.1, 0.15) is 4.83 Å². The second kappa shape index (κ2) is 2.77. The lowest BCUT2D eigenvalue weighted by atomic mass is 9.97. The van der Waals surface area contributed by atoms with Gasteiger partial charge in [0.25, 0.3) is 0 Å². The van der Waals surface area contributed by atoms with Gasteiger partial charge < -0.3 is 0 Å². The standard InChI is InChI=1S/C10H9N2S/c1-2-4-9-7(3-1)8-5-11-6-12-10(8)13-9/h5H,1-4H2. The van der Waals surface area contributed by atoms with Crippen LogP contribution in [0.4, 0.5) is 0 Å². The predicted octanol–water partition coefficient (Wildman–Crippen LogP) is 2.37. The molecular weight excluding hydrogens is 180 g/mol. The van der Waals surface area contributed by atoms with E-state index in [9.17, 15) is 0 Å². The zero-order valence-electron chi connectivity index (χ0n) is 7.21. The molecule has 2 nitrogen and oxygen atoms in total. The highest BCUT2D eigenvalue weighted by atomic mass is 32.1. The van der Waals surface area contributed by atoms with Crippen LogP contribution < -0.4 is 0 Å². The molecule has 0 aromatic carbocycles. The van der Waals surface area contributed by atoms with Gasteiger partial charge >= 0.3 is 0 Å². The number of aromatic nitrogens is 2. The van der Waals surface area contributed by atoms with E-state index >= 15 is 0 Å². The predicted molar refractivity (Wildman–Crippen MR) is 52.9 cm³/mol. The molecule has 0 atom stereocenters. The number of hydrogen-bond acceptors (Lipinski definition) is 3. The fraction of sp³-hybridized carbons (Fsp3) is 0.400. The Bertz CT molecular complexity index is 447. The summed E-state index contributed by atoms with van der Waals surface area (Å²) >= 11 is 1.82. The van der Waals surface area contributed by atoms with Gasteiger partial charge in [-0.05, 0) is 31.2 Å². The molecule has 1 aliphatic carbocycles. The highest BCUT2D eigenvalue weighted by Crippen LogP contribution is 2.34. The first kappa shape index (κ1) is 7.44. The Morgan fingerprint density at radius 1 is 1.31 bits per heavy atom. The van der Waals surface area contributed by atoms with Crippen LogP contribution in [0, 0.1) is 6.33 Å². The summed E-state index contributed by atoms with van der Waals surface area (Å²) in [7, 11) is 0. The van der Waals surface area contributed by atoms with Gasteiger partial charge in [0.15, 0.2) is 6.33 Å². The minimum atomic E-state index is 1.11. The molecule has 2 aromatic heterocycles. The van der Waals surface area contributed by atoms with Gasteiger partial charge in [0.2, 0.25) is 0 Å². The van der Waals surface area contributed by atoms with E-state index in [-0.39, 0.29) is 0 Å². The molecule has 1 aliphatic rings. The first-order chi connectivity index (χ1) is 6.45. The van der Waals surface area contributed by atoms with E-state index < -0.39 is 0 Å². The second-order valence-corrected chi connectivity index (χ2v) is 4.48. The molecule has 0 saturated heterocycles. The van der Waals surface area contributed by atoms with E-state index in [0.717, 1.165) is 4.83 Å². The van der Waals surface area contributed by atoms with Gasteiger partial charge in [-0.15, -0.1) is 11.3 Å². The van der Waals surface area contributed by atoms with Gasteiger partial charge in [-0.1, -0.05) is 0 Å². The normalized spacial score (nSPS) is 16.0. The third kappa shape index (κ3) is 1.07. The average Bonchev–Trinajstić information content (AvgIpc) is 2.56. The largest absolute Gasteiger partial charge is 0.233 e. The van der Waals surface area contributed by atoms with Crippen molar-refractivity contribution in [1.29, 1.82) is 0 Å². The van der Waals surface area contributed by atoms with Gasteiger partial charge in [-0.3, -0.25) is 0 Å². The van der Waals surface area contributed by atoms with Crippen molar-refractivity contribution in [1.82, 2.24) is 9.97 Å². The topological polar surface area (TPSA) is 25.8 Å². The van der Waals surface area contributed by atoms with Gasteiger partial charge in [-0.2, -0.15) is 0 Å². The number of rotatable bonds is 0. The third-order valence-electron chi connectivity index (χ3n) is 2.60. The first-order valence-corrected chi connectivity index (χ1v) is 5.40. The van der Waals surface area contributed by atoms with E-state index in [0.29, 0.717) is 0 Å². The first-order valence-electron chi connectivity index (χ1n) is 4.58. The monoisotopic (exact) mass is 189 g/mol. The number of aryl methyl sites for hydroxylation is 2. The summed E-state index contributed by atoms with van der Waals surface area (Å²) in [5.74, 6) is 0. The van der Waals surface area contributed by atoms with Crippen LogP contribution in [0.5, 0.6) is 0 Å². The van der Waals surface area contributed by atoms with Crippen molar-refractivity contribution >= 4 is 21.6 Å². The van der Waals surface area contributed by atoms with E-state index in [1.54, 1.807) is 0 Å². The van der Waals surface area contributed by atoms with Crippen LogP contribution in [0.25, 0.3) is 10.2 Å². The minimum Gasteiger partial charge on any atom is -0.233 e. The number of nitrogens with zero attached hydrogens (tertiary/aromatic N) is 2. The maximum Gasteiger partial charge on any atom is 0.199 e. The highest BCUT2D eigenvalue weighted by Gasteiger charge is 2.15. The van der Waals surface area contributed by atoms with Gasteiger partial charge in [-0.25, -0.2) is 9.97 Å². The molecule has 2 aromatic rings. The molecular formula is C10H9N2S. The molecule has 0 unspecified atom stereocenters. The van der Waals surface area contributed by atoms with E-state index in [2.05, 4.69) is 16.3 Å². The Labute approximate surface area is 80.6 Å². The van der Waals surface area contributed by atoms with E-state index in [1.165, 1.54) is 41.5 Å². The van der Waals surface area contributed by atoms with Crippen molar-refractivity contribution in [2.24, 2.45) is 0 Å². The average molecular weight is 189 g/mol.